The van der Waals surface area contributed by atoms with E-state index in [2.05, 4.69) is 76.2 Å². The van der Waals surface area contributed by atoms with Crippen LogP contribution < -0.4 is 0 Å². The van der Waals surface area contributed by atoms with Gasteiger partial charge in [-0.1, -0.05) is 76.2 Å². The summed E-state index contributed by atoms with van der Waals surface area (Å²) in [7, 11) is 0. The molecule has 4 atom stereocenters. The third-order valence-electron chi connectivity index (χ3n) is 10.1. The van der Waals surface area contributed by atoms with Crippen molar-refractivity contribution < 1.29 is 0 Å². The zero-order valence-corrected chi connectivity index (χ0v) is 15.9. The molecule has 0 saturated heterocycles. The summed E-state index contributed by atoms with van der Waals surface area (Å²) < 4.78 is 0. The average molecular weight is 279 g/mol. The molecule has 2 saturated carbocycles. The van der Waals surface area contributed by atoms with Crippen LogP contribution in [0.1, 0.15) is 82.6 Å². The van der Waals surface area contributed by atoms with E-state index in [9.17, 15) is 0 Å². The zero-order valence-electron chi connectivity index (χ0n) is 15.9. The molecule has 0 aromatic heterocycles. The molecule has 0 bridgehead atoms. The Bertz CT molecular complexity index is 410. The van der Waals surface area contributed by atoms with Gasteiger partial charge < -0.3 is 0 Å². The number of hydrogen-bond donors (Lipinski definition) is 0. The van der Waals surface area contributed by atoms with Crippen LogP contribution in [0.4, 0.5) is 0 Å². The summed E-state index contributed by atoms with van der Waals surface area (Å²) in [6, 6.07) is 0. The van der Waals surface area contributed by atoms with E-state index in [0.717, 1.165) is 17.8 Å². The van der Waals surface area contributed by atoms with Crippen molar-refractivity contribution in [1.29, 1.82) is 0 Å². The van der Waals surface area contributed by atoms with Gasteiger partial charge in [-0.15, -0.1) is 0 Å². The van der Waals surface area contributed by atoms with E-state index in [1.165, 1.54) is 6.42 Å². The van der Waals surface area contributed by atoms with E-state index in [1.54, 1.807) is 0 Å². The smallest absolute Gasteiger partial charge is 0.0184 e. The molecular weight excluding hydrogens is 240 g/mol. The molecule has 0 heteroatoms. The van der Waals surface area contributed by atoms with E-state index in [-0.39, 0.29) is 0 Å². The Morgan fingerprint density at radius 1 is 0.650 bits per heavy atom. The number of hydrogen-bond acceptors (Lipinski definition) is 0. The Balaban J connectivity index is 2.73. The van der Waals surface area contributed by atoms with Gasteiger partial charge in [-0.05, 0) is 51.2 Å². The van der Waals surface area contributed by atoms with Crippen LogP contribution in [-0.2, 0) is 0 Å². The number of rotatable bonds is 0. The highest BCUT2D eigenvalue weighted by molar-refractivity contribution is 5.20. The molecule has 2 fully saturated rings. The van der Waals surface area contributed by atoms with Crippen LogP contribution in [0, 0.1) is 44.8 Å². The highest BCUT2D eigenvalue weighted by Gasteiger charge is 2.72. The van der Waals surface area contributed by atoms with Crippen LogP contribution in [-0.4, -0.2) is 0 Å². The molecule has 0 N–H and O–H groups in total. The van der Waals surface area contributed by atoms with Gasteiger partial charge in [0.1, 0.15) is 0 Å². The van der Waals surface area contributed by atoms with Crippen molar-refractivity contribution in [2.45, 2.75) is 82.6 Å². The van der Waals surface area contributed by atoms with Gasteiger partial charge in [0, 0.05) is 0 Å². The normalized spacial score (nSPS) is 47.9. The summed E-state index contributed by atoms with van der Waals surface area (Å²) in [5, 5.41) is 0. The highest BCUT2D eigenvalue weighted by Crippen LogP contribution is 2.78. The first-order chi connectivity index (χ1) is 8.67. The van der Waals surface area contributed by atoms with Crippen molar-refractivity contribution in [3.05, 3.63) is 0 Å². The molecule has 0 spiro atoms. The maximum atomic E-state index is 2.62. The van der Waals surface area contributed by atoms with Gasteiger partial charge in [0.15, 0.2) is 0 Å². The second kappa shape index (κ2) is 3.85. The fourth-order valence-electron chi connectivity index (χ4n) is 6.40. The molecule has 118 valence electrons. The highest BCUT2D eigenvalue weighted by atomic mass is 14.8. The molecule has 0 nitrogen and oxygen atoms in total. The molecule has 0 aromatic carbocycles. The maximum absolute atomic E-state index is 2.62. The predicted molar refractivity (Wildman–Crippen MR) is 89.7 cm³/mol. The largest absolute Gasteiger partial charge is 0.0620 e. The quantitative estimate of drug-likeness (QED) is 0.480. The monoisotopic (exact) mass is 278 g/mol. The molecule has 0 radical (unpaired) electrons. The summed E-state index contributed by atoms with van der Waals surface area (Å²) in [5.74, 6) is 2.47. The van der Waals surface area contributed by atoms with E-state index in [4.69, 9.17) is 0 Å². The molecule has 0 aromatic rings. The van der Waals surface area contributed by atoms with Crippen LogP contribution in [0.15, 0.2) is 0 Å². The maximum Gasteiger partial charge on any atom is -0.0184 e. The lowest BCUT2D eigenvalue weighted by molar-refractivity contribution is -0.234. The Labute approximate surface area is 128 Å². The van der Waals surface area contributed by atoms with Gasteiger partial charge in [-0.2, -0.15) is 0 Å². The number of fused-ring (bicyclic) bond motifs is 1. The zero-order chi connectivity index (χ0) is 15.9. The van der Waals surface area contributed by atoms with Crippen LogP contribution in [0.5, 0.6) is 0 Å². The first-order valence-electron chi connectivity index (χ1n) is 8.67. The lowest BCUT2D eigenvalue weighted by Crippen LogP contribution is -2.65. The molecule has 0 aliphatic heterocycles. The van der Waals surface area contributed by atoms with E-state index in [1.807, 2.05) is 0 Å². The second-order valence-electron chi connectivity index (χ2n) is 10.4. The van der Waals surface area contributed by atoms with E-state index in [0.29, 0.717) is 27.1 Å². The van der Waals surface area contributed by atoms with Gasteiger partial charge in [0.25, 0.3) is 0 Å². The second-order valence-corrected chi connectivity index (χ2v) is 10.4. The molecular formula is C20H38. The molecule has 0 amide bonds. The molecule has 4 unspecified atom stereocenters. The third kappa shape index (κ3) is 1.35. The van der Waals surface area contributed by atoms with E-state index >= 15 is 0 Å². The topological polar surface area (TPSA) is 0 Å². The van der Waals surface area contributed by atoms with Gasteiger partial charge >= 0.3 is 0 Å². The first kappa shape index (κ1) is 16.4. The van der Waals surface area contributed by atoms with Crippen LogP contribution in [0.3, 0.4) is 0 Å². The van der Waals surface area contributed by atoms with Crippen molar-refractivity contribution in [2.24, 2.45) is 44.8 Å². The van der Waals surface area contributed by atoms with Gasteiger partial charge in [-0.25, -0.2) is 0 Å². The minimum Gasteiger partial charge on any atom is -0.0620 e. The third-order valence-corrected chi connectivity index (χ3v) is 10.1. The van der Waals surface area contributed by atoms with Gasteiger partial charge in [0.2, 0.25) is 0 Å². The van der Waals surface area contributed by atoms with Crippen molar-refractivity contribution in [2.75, 3.05) is 0 Å². The molecule has 2 aliphatic carbocycles. The van der Waals surface area contributed by atoms with E-state index < -0.39 is 0 Å². The van der Waals surface area contributed by atoms with Crippen molar-refractivity contribution in [3.63, 3.8) is 0 Å². The van der Waals surface area contributed by atoms with Crippen molar-refractivity contribution in [3.8, 4) is 0 Å². The average Bonchev–Trinajstić information content (AvgIpc) is 2.48. The fourth-order valence-corrected chi connectivity index (χ4v) is 6.40. The van der Waals surface area contributed by atoms with Crippen LogP contribution in [0.2, 0.25) is 0 Å². The summed E-state index contributed by atoms with van der Waals surface area (Å²) >= 11 is 0. The minimum atomic E-state index is 0.339. The molecule has 20 heavy (non-hydrogen) atoms. The molecule has 0 heterocycles. The summed E-state index contributed by atoms with van der Waals surface area (Å²) in [6.45, 7) is 28.0. The van der Waals surface area contributed by atoms with Gasteiger partial charge in [-0.3, -0.25) is 0 Å². The van der Waals surface area contributed by atoms with Crippen molar-refractivity contribution in [1.82, 2.24) is 0 Å². The van der Waals surface area contributed by atoms with Crippen LogP contribution in [0.25, 0.3) is 0 Å². The summed E-state index contributed by atoms with van der Waals surface area (Å²) in [4.78, 5) is 0. The summed E-state index contributed by atoms with van der Waals surface area (Å²) in [5.41, 5.74) is 1.91. The predicted octanol–water partition coefficient (Wildman–Crippen LogP) is 6.40. The Kier molecular flexibility index (Phi) is 3.15. The SMILES string of the molecule is CC1C2CC(C)C(C)(C)C2(C)C(C)(C)C(C)(C)C1(C)C. The van der Waals surface area contributed by atoms with Gasteiger partial charge in [0.05, 0.1) is 0 Å². The lowest BCUT2D eigenvalue weighted by Gasteiger charge is -2.71. The standard InChI is InChI=1S/C20H38/c1-13-12-15-14(2)17(5,6)18(7,8)19(9,10)20(15,11)16(13,3)4/h13-15H,12H2,1-11H3. The lowest BCUT2D eigenvalue weighted by atomic mass is 9.33. The Morgan fingerprint density at radius 3 is 1.55 bits per heavy atom. The molecule has 2 aliphatic rings. The van der Waals surface area contributed by atoms with Crippen LogP contribution >= 0.6 is 0 Å². The summed E-state index contributed by atoms with van der Waals surface area (Å²) in [6.07, 6.45) is 1.41. The fraction of sp³-hybridized carbons (Fsp3) is 1.00. The Hall–Kier alpha value is 0. The molecule has 2 rings (SSSR count). The van der Waals surface area contributed by atoms with Crippen molar-refractivity contribution >= 4 is 0 Å². The first-order valence-corrected chi connectivity index (χ1v) is 8.67. The minimum absolute atomic E-state index is 0.339. The Morgan fingerprint density at radius 2 is 1.10 bits per heavy atom.